The normalized spacial score (nSPS) is 14.7. The minimum Gasteiger partial charge on any atom is -0.393 e. The van der Waals surface area contributed by atoms with Crippen LogP contribution in [-0.2, 0) is 0 Å². The lowest BCUT2D eigenvalue weighted by molar-refractivity contribution is 0.0927. The number of carbonyl (C=O) groups excluding carboxylic acids is 1. The maximum atomic E-state index is 11.6. The van der Waals surface area contributed by atoms with Crippen LogP contribution < -0.4 is 5.32 Å². The average molecular weight is 228 g/mol. The molecule has 0 aromatic carbocycles. The number of thiazole rings is 1. The quantitative estimate of drug-likeness (QED) is 0.817. The fourth-order valence-electron chi connectivity index (χ4n) is 1.33. The van der Waals surface area contributed by atoms with E-state index in [1.165, 1.54) is 11.3 Å². The first kappa shape index (κ1) is 12.1. The van der Waals surface area contributed by atoms with Crippen molar-refractivity contribution in [3.8, 4) is 0 Å². The molecule has 84 valence electrons. The largest absolute Gasteiger partial charge is 0.393 e. The molecule has 2 atom stereocenters. The van der Waals surface area contributed by atoms with E-state index in [2.05, 4.69) is 10.3 Å². The van der Waals surface area contributed by atoms with Crippen LogP contribution in [0.1, 0.15) is 34.9 Å². The third-order valence-electron chi connectivity index (χ3n) is 1.92. The summed E-state index contributed by atoms with van der Waals surface area (Å²) in [5.74, 6) is -0.117. The van der Waals surface area contributed by atoms with Crippen molar-refractivity contribution in [2.75, 3.05) is 0 Å². The fraction of sp³-hybridized carbons (Fsp3) is 0.600. The number of rotatable bonds is 4. The van der Waals surface area contributed by atoms with Gasteiger partial charge >= 0.3 is 0 Å². The number of aliphatic hydroxyl groups is 1. The second-order valence-corrected chi connectivity index (χ2v) is 4.94. The summed E-state index contributed by atoms with van der Waals surface area (Å²) in [6, 6.07) is -0.0279. The Balaban J connectivity index is 2.49. The maximum absolute atomic E-state index is 11.6. The van der Waals surface area contributed by atoms with Crippen molar-refractivity contribution in [2.24, 2.45) is 0 Å². The molecular weight excluding hydrogens is 212 g/mol. The summed E-state index contributed by atoms with van der Waals surface area (Å²) in [5.41, 5.74) is 0. The van der Waals surface area contributed by atoms with Crippen molar-refractivity contribution in [3.63, 3.8) is 0 Å². The van der Waals surface area contributed by atoms with Gasteiger partial charge in [0.2, 0.25) is 0 Å². The first-order chi connectivity index (χ1) is 6.99. The van der Waals surface area contributed by atoms with Crippen molar-refractivity contribution in [3.05, 3.63) is 16.1 Å². The van der Waals surface area contributed by atoms with Gasteiger partial charge in [-0.2, -0.15) is 0 Å². The molecule has 2 N–H and O–H groups in total. The third-order valence-corrected chi connectivity index (χ3v) is 2.83. The van der Waals surface area contributed by atoms with Gasteiger partial charge in [-0.25, -0.2) is 4.98 Å². The third kappa shape index (κ3) is 3.97. The zero-order chi connectivity index (χ0) is 11.4. The number of carbonyl (C=O) groups is 1. The molecule has 0 saturated carbocycles. The van der Waals surface area contributed by atoms with E-state index in [1.807, 2.05) is 13.8 Å². The first-order valence-electron chi connectivity index (χ1n) is 4.90. The molecule has 5 heteroatoms. The Kier molecular flexibility index (Phi) is 4.23. The van der Waals surface area contributed by atoms with Crippen molar-refractivity contribution in [1.29, 1.82) is 0 Å². The Morgan fingerprint density at radius 2 is 2.33 bits per heavy atom. The predicted octanol–water partition coefficient (Wildman–Crippen LogP) is 1.34. The van der Waals surface area contributed by atoms with Crippen LogP contribution in [0.2, 0.25) is 0 Å². The monoisotopic (exact) mass is 228 g/mol. The number of amides is 1. The Hall–Kier alpha value is -0.940. The number of aromatic nitrogens is 1. The van der Waals surface area contributed by atoms with Crippen LogP contribution in [0.25, 0.3) is 0 Å². The number of hydrogen-bond acceptors (Lipinski definition) is 4. The number of aliphatic hydroxyl groups excluding tert-OH is 1. The lowest BCUT2D eigenvalue weighted by Gasteiger charge is -2.14. The highest BCUT2D eigenvalue weighted by Crippen LogP contribution is 2.11. The van der Waals surface area contributed by atoms with E-state index < -0.39 is 6.10 Å². The van der Waals surface area contributed by atoms with E-state index in [-0.39, 0.29) is 11.9 Å². The number of hydrogen-bond donors (Lipinski definition) is 2. The molecule has 0 saturated heterocycles. The first-order valence-corrected chi connectivity index (χ1v) is 5.72. The molecule has 0 bridgehead atoms. The van der Waals surface area contributed by atoms with E-state index in [4.69, 9.17) is 5.11 Å². The molecule has 1 aromatic heterocycles. The molecule has 4 nitrogen and oxygen atoms in total. The lowest BCUT2D eigenvalue weighted by Crippen LogP contribution is -2.34. The van der Waals surface area contributed by atoms with Crippen LogP contribution >= 0.6 is 11.3 Å². The van der Waals surface area contributed by atoms with Crippen LogP contribution in [0.5, 0.6) is 0 Å². The lowest BCUT2D eigenvalue weighted by atomic mass is 10.1. The summed E-state index contributed by atoms with van der Waals surface area (Å²) >= 11 is 1.37. The van der Waals surface area contributed by atoms with Crippen molar-refractivity contribution in [1.82, 2.24) is 10.3 Å². The Morgan fingerprint density at radius 1 is 1.67 bits per heavy atom. The van der Waals surface area contributed by atoms with Crippen LogP contribution in [0, 0.1) is 6.92 Å². The molecule has 0 aliphatic rings. The summed E-state index contributed by atoms with van der Waals surface area (Å²) in [5, 5.41) is 12.8. The van der Waals surface area contributed by atoms with Crippen molar-refractivity contribution >= 4 is 17.2 Å². The molecule has 15 heavy (non-hydrogen) atoms. The predicted molar refractivity (Wildman–Crippen MR) is 60.1 cm³/mol. The van der Waals surface area contributed by atoms with Gasteiger partial charge in [0.15, 0.2) is 0 Å². The van der Waals surface area contributed by atoms with Gasteiger partial charge < -0.3 is 10.4 Å². The molecule has 0 aliphatic carbocycles. The molecule has 1 aromatic rings. The second kappa shape index (κ2) is 5.23. The molecule has 0 fully saturated rings. The van der Waals surface area contributed by atoms with E-state index >= 15 is 0 Å². The van der Waals surface area contributed by atoms with Crippen LogP contribution in [-0.4, -0.2) is 28.1 Å². The van der Waals surface area contributed by atoms with Gasteiger partial charge in [-0.1, -0.05) is 0 Å². The summed E-state index contributed by atoms with van der Waals surface area (Å²) in [7, 11) is 0. The second-order valence-electron chi connectivity index (χ2n) is 3.70. The van der Waals surface area contributed by atoms with Gasteiger partial charge in [0.1, 0.15) is 4.88 Å². The molecule has 1 rings (SSSR count). The minimum atomic E-state index is -0.400. The van der Waals surface area contributed by atoms with Gasteiger partial charge in [0.25, 0.3) is 5.91 Å². The summed E-state index contributed by atoms with van der Waals surface area (Å²) in [4.78, 5) is 16.3. The number of nitrogens with zero attached hydrogens (tertiary/aromatic N) is 1. The smallest absolute Gasteiger partial charge is 0.263 e. The number of nitrogens with one attached hydrogen (secondary N) is 1. The Labute approximate surface area is 93.4 Å². The van der Waals surface area contributed by atoms with E-state index in [1.54, 1.807) is 13.1 Å². The van der Waals surface area contributed by atoms with Gasteiger partial charge in [0.05, 0.1) is 17.3 Å². The van der Waals surface area contributed by atoms with Gasteiger partial charge in [-0.3, -0.25) is 4.79 Å². The maximum Gasteiger partial charge on any atom is 0.263 e. The Bertz CT molecular complexity index is 336. The van der Waals surface area contributed by atoms with E-state index in [9.17, 15) is 4.79 Å². The van der Waals surface area contributed by atoms with Gasteiger partial charge in [0, 0.05) is 6.04 Å². The van der Waals surface area contributed by atoms with Crippen LogP contribution in [0.4, 0.5) is 0 Å². The molecule has 0 radical (unpaired) electrons. The zero-order valence-corrected chi connectivity index (χ0v) is 9.97. The standard InChI is InChI=1S/C10H16N2O2S/c1-6(4-7(2)13)12-10(14)9-5-11-8(3)15-9/h5-7,13H,4H2,1-3H3,(H,12,14). The van der Waals surface area contributed by atoms with E-state index in [0.717, 1.165) is 5.01 Å². The number of aryl methyl sites for hydroxylation is 1. The molecular formula is C10H16N2O2S. The molecule has 0 aliphatic heterocycles. The van der Waals surface area contributed by atoms with Crippen LogP contribution in [0.3, 0.4) is 0 Å². The zero-order valence-electron chi connectivity index (χ0n) is 9.15. The summed E-state index contributed by atoms with van der Waals surface area (Å²) < 4.78 is 0. The van der Waals surface area contributed by atoms with Crippen LogP contribution in [0.15, 0.2) is 6.20 Å². The van der Waals surface area contributed by atoms with Crippen molar-refractivity contribution in [2.45, 2.75) is 39.3 Å². The molecule has 0 spiro atoms. The van der Waals surface area contributed by atoms with E-state index in [0.29, 0.717) is 11.3 Å². The molecule has 2 unspecified atom stereocenters. The SMILES string of the molecule is Cc1ncc(C(=O)NC(C)CC(C)O)s1. The van der Waals surface area contributed by atoms with Gasteiger partial charge in [-0.15, -0.1) is 11.3 Å². The highest BCUT2D eigenvalue weighted by atomic mass is 32.1. The highest BCUT2D eigenvalue weighted by Gasteiger charge is 2.13. The Morgan fingerprint density at radius 3 is 2.80 bits per heavy atom. The topological polar surface area (TPSA) is 62.2 Å². The summed E-state index contributed by atoms with van der Waals surface area (Å²) in [6.45, 7) is 5.44. The van der Waals surface area contributed by atoms with Crippen molar-refractivity contribution < 1.29 is 9.90 Å². The highest BCUT2D eigenvalue weighted by molar-refractivity contribution is 7.13. The molecule has 1 amide bonds. The molecule has 1 heterocycles. The minimum absolute atomic E-state index is 0.0279. The average Bonchev–Trinajstić information content (AvgIpc) is 2.49. The van der Waals surface area contributed by atoms with Gasteiger partial charge in [-0.05, 0) is 27.2 Å². The summed E-state index contributed by atoms with van der Waals surface area (Å²) in [6.07, 6.45) is 1.73. The fourth-order valence-corrected chi connectivity index (χ4v) is 2.01.